The third kappa shape index (κ3) is 5.01. The molecule has 0 saturated carbocycles. The number of thiazole rings is 1. The second kappa shape index (κ2) is 9.23. The van der Waals surface area contributed by atoms with Crippen LogP contribution in [0.25, 0.3) is 0 Å². The van der Waals surface area contributed by atoms with Crippen molar-refractivity contribution >= 4 is 11.3 Å². The molecule has 2 aromatic heterocycles. The Kier molecular flexibility index (Phi) is 6.73. The van der Waals surface area contributed by atoms with Gasteiger partial charge in [-0.05, 0) is 37.9 Å². The minimum atomic E-state index is -2.67. The second-order valence-electron chi connectivity index (χ2n) is 6.33. The number of piperidine rings is 1. The fraction of sp³-hybridized carbons (Fsp3) is 0.529. The average Bonchev–Trinajstić information content (AvgIpc) is 3.15. The zero-order chi connectivity index (χ0) is 19.2. The van der Waals surface area contributed by atoms with Gasteiger partial charge in [0.25, 0.3) is 6.43 Å². The van der Waals surface area contributed by atoms with Crippen molar-refractivity contribution in [3.63, 3.8) is 0 Å². The first-order chi connectivity index (χ1) is 13.1. The molecule has 1 saturated heterocycles. The highest BCUT2D eigenvalue weighted by Crippen LogP contribution is 2.35. The van der Waals surface area contributed by atoms with E-state index in [-0.39, 0.29) is 18.2 Å². The molecule has 0 aliphatic carbocycles. The zero-order valence-corrected chi connectivity index (χ0v) is 15.2. The molecule has 3 rings (SSSR count). The predicted molar refractivity (Wildman–Crippen MR) is 94.5 cm³/mol. The summed E-state index contributed by atoms with van der Waals surface area (Å²) in [5.74, 6) is 0.100. The number of hydrogen-bond acceptors (Lipinski definition) is 7. The van der Waals surface area contributed by atoms with E-state index < -0.39 is 18.4 Å². The second-order valence-corrected chi connectivity index (χ2v) is 7.22. The van der Waals surface area contributed by atoms with Gasteiger partial charge in [-0.2, -0.15) is 9.30 Å². The van der Waals surface area contributed by atoms with E-state index in [4.69, 9.17) is 4.74 Å². The molecule has 1 fully saturated rings. The molecule has 0 amide bonds. The number of hydrogen-bond donors (Lipinski definition) is 0. The van der Waals surface area contributed by atoms with Gasteiger partial charge in [-0.25, -0.2) is 18.7 Å². The lowest BCUT2D eigenvalue weighted by atomic mass is 9.96. The summed E-state index contributed by atoms with van der Waals surface area (Å²) >= 11 is 1.13. The Morgan fingerprint density at radius 3 is 2.78 bits per heavy atom. The number of likely N-dealkylation sites (tertiary alicyclic amines) is 1. The summed E-state index contributed by atoms with van der Waals surface area (Å²) in [7, 11) is 0. The molecule has 1 aliphatic heterocycles. The molecule has 0 aromatic carbocycles. The molecule has 1 unspecified atom stereocenters. The molecular weight excluding hydrogens is 381 g/mol. The Bertz CT molecular complexity index is 753. The molecule has 6 nitrogen and oxygen atoms in total. The SMILES string of the molecule is O=NCC(c1scnc1C(F)F)N1CCC(COc2ccnc(F)c2)CC1. The van der Waals surface area contributed by atoms with E-state index in [0.717, 1.165) is 24.2 Å². The minimum absolute atomic E-state index is 0.0840. The maximum atomic E-state index is 13.1. The van der Waals surface area contributed by atoms with E-state index in [2.05, 4.69) is 15.1 Å². The van der Waals surface area contributed by atoms with Crippen LogP contribution in [0.5, 0.6) is 5.75 Å². The van der Waals surface area contributed by atoms with Crippen molar-refractivity contribution in [1.29, 1.82) is 0 Å². The van der Waals surface area contributed by atoms with Gasteiger partial charge in [0.1, 0.15) is 18.0 Å². The van der Waals surface area contributed by atoms with Gasteiger partial charge in [-0.1, -0.05) is 5.18 Å². The van der Waals surface area contributed by atoms with Crippen LogP contribution in [0, 0.1) is 16.8 Å². The Balaban J connectivity index is 1.57. The summed E-state index contributed by atoms with van der Waals surface area (Å²) in [6.45, 7) is 1.63. The molecule has 10 heteroatoms. The number of aromatic nitrogens is 2. The monoisotopic (exact) mass is 400 g/mol. The van der Waals surface area contributed by atoms with Gasteiger partial charge >= 0.3 is 0 Å². The molecule has 2 aromatic rings. The molecule has 0 N–H and O–H groups in total. The first-order valence-corrected chi connectivity index (χ1v) is 9.45. The number of ether oxygens (including phenoxy) is 1. The first kappa shape index (κ1) is 19.7. The Labute approximate surface area is 158 Å². The summed E-state index contributed by atoms with van der Waals surface area (Å²) in [6, 6.07) is 2.35. The van der Waals surface area contributed by atoms with Crippen molar-refractivity contribution in [2.75, 3.05) is 26.2 Å². The van der Waals surface area contributed by atoms with Gasteiger partial charge in [0.2, 0.25) is 5.95 Å². The summed E-state index contributed by atoms with van der Waals surface area (Å²) in [5.41, 5.74) is 1.11. The predicted octanol–water partition coefficient (Wildman–Crippen LogP) is 4.21. The van der Waals surface area contributed by atoms with Crippen LogP contribution in [0.15, 0.2) is 29.0 Å². The lowest BCUT2D eigenvalue weighted by molar-refractivity contribution is 0.105. The largest absolute Gasteiger partial charge is 0.493 e. The summed E-state index contributed by atoms with van der Waals surface area (Å²) in [4.78, 5) is 20.5. The fourth-order valence-corrected chi connectivity index (χ4v) is 4.15. The maximum absolute atomic E-state index is 13.1. The van der Waals surface area contributed by atoms with E-state index >= 15 is 0 Å². The lowest BCUT2D eigenvalue weighted by Gasteiger charge is -2.36. The van der Waals surface area contributed by atoms with Crippen LogP contribution in [0.3, 0.4) is 0 Å². The standard InChI is InChI=1S/C17H19F3N4O2S/c18-14-7-12(1-4-21-14)26-9-11-2-5-24(6-3-11)13(8-23-25)16-15(17(19)20)22-10-27-16/h1,4,7,10-11,13,17H,2-3,5-6,8-9H2. The Morgan fingerprint density at radius 2 is 2.11 bits per heavy atom. The van der Waals surface area contributed by atoms with Crippen molar-refractivity contribution in [2.24, 2.45) is 11.1 Å². The lowest BCUT2D eigenvalue weighted by Crippen LogP contribution is -2.39. The van der Waals surface area contributed by atoms with E-state index in [0.29, 0.717) is 30.3 Å². The number of nitrogens with zero attached hydrogens (tertiary/aromatic N) is 4. The third-order valence-electron chi connectivity index (χ3n) is 4.65. The van der Waals surface area contributed by atoms with E-state index in [9.17, 15) is 18.1 Å². The van der Waals surface area contributed by atoms with E-state index in [1.165, 1.54) is 17.8 Å². The number of nitroso groups, excluding NO2 is 1. The van der Waals surface area contributed by atoms with E-state index in [1.54, 1.807) is 6.07 Å². The molecule has 1 aliphatic rings. The highest BCUT2D eigenvalue weighted by atomic mass is 32.1. The molecular formula is C17H19F3N4O2S. The molecule has 146 valence electrons. The quantitative estimate of drug-likeness (QED) is 0.490. The van der Waals surface area contributed by atoms with Crippen LogP contribution in [0.2, 0.25) is 0 Å². The van der Waals surface area contributed by atoms with Crippen molar-refractivity contribution in [2.45, 2.75) is 25.3 Å². The number of rotatable bonds is 8. The highest BCUT2D eigenvalue weighted by molar-refractivity contribution is 7.09. The van der Waals surface area contributed by atoms with Crippen molar-refractivity contribution < 1.29 is 17.9 Å². The number of alkyl halides is 2. The smallest absolute Gasteiger partial charge is 0.281 e. The highest BCUT2D eigenvalue weighted by Gasteiger charge is 2.31. The number of halogens is 3. The van der Waals surface area contributed by atoms with Gasteiger partial charge in [0, 0.05) is 12.3 Å². The van der Waals surface area contributed by atoms with Crippen LogP contribution in [0.4, 0.5) is 13.2 Å². The molecule has 1 atom stereocenters. The Morgan fingerprint density at radius 1 is 1.33 bits per heavy atom. The summed E-state index contributed by atoms with van der Waals surface area (Å²) < 4.78 is 45.0. The molecule has 0 bridgehead atoms. The normalized spacial score (nSPS) is 17.2. The van der Waals surface area contributed by atoms with Crippen LogP contribution in [0.1, 0.15) is 35.9 Å². The molecule has 27 heavy (non-hydrogen) atoms. The molecule has 0 spiro atoms. The summed E-state index contributed by atoms with van der Waals surface area (Å²) in [5, 5.41) is 2.95. The van der Waals surface area contributed by atoms with Crippen LogP contribution < -0.4 is 4.74 Å². The van der Waals surface area contributed by atoms with Crippen LogP contribution in [-0.2, 0) is 0 Å². The van der Waals surface area contributed by atoms with Gasteiger partial charge in [0.15, 0.2) is 0 Å². The minimum Gasteiger partial charge on any atom is -0.493 e. The first-order valence-electron chi connectivity index (χ1n) is 8.57. The fourth-order valence-electron chi connectivity index (χ4n) is 3.23. The van der Waals surface area contributed by atoms with Gasteiger partial charge < -0.3 is 4.74 Å². The number of pyridine rings is 1. The maximum Gasteiger partial charge on any atom is 0.281 e. The average molecular weight is 400 g/mol. The van der Waals surface area contributed by atoms with Gasteiger partial charge in [0.05, 0.1) is 23.0 Å². The zero-order valence-electron chi connectivity index (χ0n) is 14.4. The van der Waals surface area contributed by atoms with Crippen molar-refractivity contribution in [3.8, 4) is 5.75 Å². The van der Waals surface area contributed by atoms with Crippen LogP contribution >= 0.6 is 11.3 Å². The van der Waals surface area contributed by atoms with Crippen LogP contribution in [-0.4, -0.2) is 41.1 Å². The topological polar surface area (TPSA) is 67.7 Å². The molecule has 3 heterocycles. The van der Waals surface area contributed by atoms with Crippen molar-refractivity contribution in [1.82, 2.24) is 14.9 Å². The summed E-state index contributed by atoms with van der Waals surface area (Å²) in [6.07, 6.45) is 0.240. The Hall–Kier alpha value is -2.07. The van der Waals surface area contributed by atoms with E-state index in [1.807, 2.05) is 4.90 Å². The third-order valence-corrected chi connectivity index (χ3v) is 5.60. The molecule has 0 radical (unpaired) electrons. The van der Waals surface area contributed by atoms with Crippen molar-refractivity contribution in [3.05, 3.63) is 45.3 Å². The van der Waals surface area contributed by atoms with Gasteiger partial charge in [-0.15, -0.1) is 11.3 Å². The van der Waals surface area contributed by atoms with Gasteiger partial charge in [-0.3, -0.25) is 4.90 Å².